The minimum Gasteiger partial charge on any atom is -0.337 e. The zero-order valence-electron chi connectivity index (χ0n) is 19.7. The molecule has 1 saturated heterocycles. The van der Waals surface area contributed by atoms with Gasteiger partial charge in [-0.3, -0.25) is 14.5 Å². The summed E-state index contributed by atoms with van der Waals surface area (Å²) in [5.74, 6) is -4.48. The summed E-state index contributed by atoms with van der Waals surface area (Å²) in [7, 11) is 0. The lowest BCUT2D eigenvalue weighted by molar-refractivity contribution is -0.163. The molecule has 2 fully saturated rings. The Morgan fingerprint density at radius 2 is 1.94 bits per heavy atom. The summed E-state index contributed by atoms with van der Waals surface area (Å²) >= 11 is 0. The van der Waals surface area contributed by atoms with E-state index in [9.17, 15) is 22.8 Å². The van der Waals surface area contributed by atoms with Crippen LogP contribution in [-0.2, 0) is 11.3 Å². The maximum atomic E-state index is 14.4. The SMILES string of the molecule is Cc1c(CN2CCN(C(=O)C3CC(F)(F)C3)[C@@H](C)C2)cc(F)cc1NC(=O)c1cccc(C#N)c1. The highest BCUT2D eigenvalue weighted by Crippen LogP contribution is 2.43. The third kappa shape index (κ3) is 5.49. The number of alkyl halides is 2. The maximum absolute atomic E-state index is 14.4. The highest BCUT2D eigenvalue weighted by molar-refractivity contribution is 6.04. The summed E-state index contributed by atoms with van der Waals surface area (Å²) in [6.07, 6.45) is -0.757. The van der Waals surface area contributed by atoms with Crippen LogP contribution in [-0.4, -0.2) is 53.2 Å². The van der Waals surface area contributed by atoms with E-state index in [1.54, 1.807) is 30.0 Å². The van der Waals surface area contributed by atoms with E-state index in [0.29, 0.717) is 48.6 Å². The number of anilines is 1. The topological polar surface area (TPSA) is 76.4 Å². The number of hydrogen-bond donors (Lipinski definition) is 1. The molecule has 1 atom stereocenters. The second kappa shape index (κ2) is 9.70. The fourth-order valence-corrected chi connectivity index (χ4v) is 4.77. The first-order valence-corrected chi connectivity index (χ1v) is 11.6. The third-order valence-corrected chi connectivity index (χ3v) is 6.81. The Morgan fingerprint density at radius 1 is 1.20 bits per heavy atom. The molecule has 0 spiro atoms. The van der Waals surface area contributed by atoms with Crippen molar-refractivity contribution in [3.05, 3.63) is 64.5 Å². The summed E-state index contributed by atoms with van der Waals surface area (Å²) in [6.45, 7) is 5.61. The van der Waals surface area contributed by atoms with Crippen LogP contribution in [0.4, 0.5) is 18.9 Å². The van der Waals surface area contributed by atoms with E-state index >= 15 is 0 Å². The van der Waals surface area contributed by atoms with E-state index in [1.807, 2.05) is 13.0 Å². The number of nitrogens with zero attached hydrogens (tertiary/aromatic N) is 3. The molecule has 0 aromatic heterocycles. The van der Waals surface area contributed by atoms with Crippen LogP contribution in [0.2, 0.25) is 0 Å². The normalized spacial score (nSPS) is 20.1. The minimum absolute atomic E-state index is 0.147. The number of amides is 2. The Balaban J connectivity index is 1.41. The van der Waals surface area contributed by atoms with Crippen molar-refractivity contribution in [3.8, 4) is 6.07 Å². The van der Waals surface area contributed by atoms with Crippen molar-refractivity contribution in [3.63, 3.8) is 0 Å². The van der Waals surface area contributed by atoms with E-state index in [4.69, 9.17) is 5.26 Å². The van der Waals surface area contributed by atoms with Crippen molar-refractivity contribution in [2.75, 3.05) is 25.0 Å². The Labute approximate surface area is 202 Å². The predicted molar refractivity (Wildman–Crippen MR) is 124 cm³/mol. The van der Waals surface area contributed by atoms with Crippen LogP contribution in [0, 0.1) is 30.0 Å². The van der Waals surface area contributed by atoms with Crippen molar-refractivity contribution in [2.45, 2.75) is 45.2 Å². The fourth-order valence-electron chi connectivity index (χ4n) is 4.77. The van der Waals surface area contributed by atoms with E-state index in [-0.39, 0.29) is 24.8 Å². The Kier molecular flexibility index (Phi) is 6.86. The van der Waals surface area contributed by atoms with Crippen LogP contribution >= 0.6 is 0 Å². The van der Waals surface area contributed by atoms with Crippen LogP contribution in [0.5, 0.6) is 0 Å². The first kappa shape index (κ1) is 24.7. The fraction of sp³-hybridized carbons (Fsp3) is 0.423. The van der Waals surface area contributed by atoms with Gasteiger partial charge >= 0.3 is 0 Å². The summed E-state index contributed by atoms with van der Waals surface area (Å²) in [6, 6.07) is 10.8. The molecule has 0 unspecified atom stereocenters. The van der Waals surface area contributed by atoms with Gasteiger partial charge in [-0.2, -0.15) is 5.26 Å². The molecule has 1 aliphatic carbocycles. The van der Waals surface area contributed by atoms with Gasteiger partial charge in [0.15, 0.2) is 0 Å². The molecular weight excluding hydrogens is 457 g/mol. The van der Waals surface area contributed by atoms with Gasteiger partial charge in [-0.1, -0.05) is 6.07 Å². The summed E-state index contributed by atoms with van der Waals surface area (Å²) in [5, 5.41) is 11.8. The molecule has 0 radical (unpaired) electrons. The van der Waals surface area contributed by atoms with E-state index < -0.39 is 23.6 Å². The van der Waals surface area contributed by atoms with Gasteiger partial charge in [-0.15, -0.1) is 0 Å². The molecule has 4 rings (SSSR count). The molecule has 2 aliphatic rings. The lowest BCUT2D eigenvalue weighted by atomic mass is 9.80. The number of halogens is 3. The number of carbonyl (C=O) groups excluding carboxylic acids is 2. The van der Waals surface area contributed by atoms with Gasteiger partial charge < -0.3 is 10.2 Å². The number of nitrogens with one attached hydrogen (secondary N) is 1. The molecule has 9 heteroatoms. The molecule has 184 valence electrons. The highest BCUT2D eigenvalue weighted by Gasteiger charge is 2.50. The summed E-state index contributed by atoms with van der Waals surface area (Å²) in [5.41, 5.74) is 2.43. The van der Waals surface area contributed by atoms with Gasteiger partial charge in [0.1, 0.15) is 5.82 Å². The van der Waals surface area contributed by atoms with Gasteiger partial charge in [0.25, 0.3) is 5.91 Å². The molecule has 6 nitrogen and oxygen atoms in total. The highest BCUT2D eigenvalue weighted by atomic mass is 19.3. The molecule has 35 heavy (non-hydrogen) atoms. The van der Waals surface area contributed by atoms with Gasteiger partial charge in [-0.25, -0.2) is 13.2 Å². The summed E-state index contributed by atoms with van der Waals surface area (Å²) < 4.78 is 40.8. The molecule has 1 N–H and O–H groups in total. The largest absolute Gasteiger partial charge is 0.337 e. The average molecular weight is 485 g/mol. The quantitative estimate of drug-likeness (QED) is 0.685. The first-order valence-electron chi connectivity index (χ1n) is 11.6. The first-order chi connectivity index (χ1) is 16.6. The lowest BCUT2D eigenvalue weighted by Gasteiger charge is -2.44. The number of piperazine rings is 1. The zero-order valence-corrected chi connectivity index (χ0v) is 19.7. The van der Waals surface area contributed by atoms with Crippen molar-refractivity contribution in [2.24, 2.45) is 5.92 Å². The van der Waals surface area contributed by atoms with Crippen molar-refractivity contribution in [1.82, 2.24) is 9.80 Å². The summed E-state index contributed by atoms with van der Waals surface area (Å²) in [4.78, 5) is 29.1. The second-order valence-corrected chi connectivity index (χ2v) is 9.46. The molecule has 1 saturated carbocycles. The van der Waals surface area contributed by atoms with Gasteiger partial charge in [-0.05, 0) is 55.3 Å². The Hall–Kier alpha value is -3.38. The number of benzene rings is 2. The third-order valence-electron chi connectivity index (χ3n) is 6.81. The molecule has 2 amide bonds. The zero-order chi connectivity index (χ0) is 25.3. The number of carbonyl (C=O) groups is 2. The van der Waals surface area contributed by atoms with Crippen molar-refractivity contribution >= 4 is 17.5 Å². The van der Waals surface area contributed by atoms with Crippen LogP contribution in [0.15, 0.2) is 36.4 Å². The maximum Gasteiger partial charge on any atom is 0.255 e. The minimum atomic E-state index is -2.73. The average Bonchev–Trinajstić information content (AvgIpc) is 2.80. The molecular formula is C26H27F3N4O2. The monoisotopic (exact) mass is 484 g/mol. The molecule has 1 heterocycles. The molecule has 0 bridgehead atoms. The van der Waals surface area contributed by atoms with E-state index in [1.165, 1.54) is 18.2 Å². The van der Waals surface area contributed by atoms with E-state index in [0.717, 1.165) is 5.56 Å². The second-order valence-electron chi connectivity index (χ2n) is 9.46. The molecule has 1 aliphatic heterocycles. The van der Waals surface area contributed by atoms with Crippen LogP contribution in [0.25, 0.3) is 0 Å². The van der Waals surface area contributed by atoms with Gasteiger partial charge in [0.2, 0.25) is 11.8 Å². The Bertz CT molecular complexity index is 1190. The van der Waals surface area contributed by atoms with Gasteiger partial charge in [0.05, 0.1) is 11.6 Å². The van der Waals surface area contributed by atoms with Crippen molar-refractivity contribution in [1.29, 1.82) is 5.26 Å². The lowest BCUT2D eigenvalue weighted by Crippen LogP contribution is -2.57. The number of rotatable bonds is 5. The Morgan fingerprint density at radius 3 is 2.60 bits per heavy atom. The van der Waals surface area contributed by atoms with E-state index in [2.05, 4.69) is 10.2 Å². The molecule has 2 aromatic carbocycles. The molecule has 2 aromatic rings. The predicted octanol–water partition coefficient (Wildman–Crippen LogP) is 4.34. The van der Waals surface area contributed by atoms with Crippen LogP contribution in [0.3, 0.4) is 0 Å². The van der Waals surface area contributed by atoms with Crippen LogP contribution in [0.1, 0.15) is 46.8 Å². The van der Waals surface area contributed by atoms with Gasteiger partial charge in [0, 0.05) is 62.2 Å². The standard InChI is InChI=1S/C26H27F3N4O2/c1-16-14-32(6-7-33(16)25(35)21-11-26(28,29)12-21)15-20-9-22(27)10-23(17(20)2)31-24(34)19-5-3-4-18(8-19)13-30/h3-5,8-10,16,21H,6-7,11-12,14-15H2,1-2H3,(H,31,34)/t16-/m0/s1. The number of nitriles is 1. The van der Waals surface area contributed by atoms with Crippen LogP contribution < -0.4 is 5.32 Å². The smallest absolute Gasteiger partial charge is 0.255 e. The van der Waals surface area contributed by atoms with Crippen molar-refractivity contribution < 1.29 is 22.8 Å². The number of hydrogen-bond acceptors (Lipinski definition) is 4.